The van der Waals surface area contributed by atoms with E-state index in [0.29, 0.717) is 24.0 Å². The lowest BCUT2D eigenvalue weighted by Gasteiger charge is -2.17. The fraction of sp³-hybridized carbons (Fsp3) is 0.167. The first-order chi connectivity index (χ1) is 11.8. The van der Waals surface area contributed by atoms with E-state index in [9.17, 15) is 4.79 Å². The summed E-state index contributed by atoms with van der Waals surface area (Å²) in [6.07, 6.45) is 1.22. The number of aromatic nitrogens is 2. The molecule has 1 aliphatic heterocycles. The summed E-state index contributed by atoms with van der Waals surface area (Å²) < 4.78 is 11.3. The van der Waals surface area contributed by atoms with Crippen molar-refractivity contribution in [3.8, 4) is 17.2 Å². The summed E-state index contributed by atoms with van der Waals surface area (Å²) in [5.41, 5.74) is 2.80. The van der Waals surface area contributed by atoms with Gasteiger partial charge in [0.25, 0.3) is 5.89 Å². The molecule has 0 bridgehead atoms. The van der Waals surface area contributed by atoms with Gasteiger partial charge in [-0.25, -0.2) is 0 Å². The Morgan fingerprint density at radius 2 is 1.96 bits per heavy atom. The molecule has 0 aliphatic carbocycles. The highest BCUT2D eigenvalue weighted by molar-refractivity contribution is 5.93. The van der Waals surface area contributed by atoms with Gasteiger partial charge in [0.05, 0.1) is 0 Å². The van der Waals surface area contributed by atoms with Crippen LogP contribution in [-0.4, -0.2) is 16.1 Å². The topological polar surface area (TPSA) is 77.2 Å². The fourth-order valence-corrected chi connectivity index (χ4v) is 2.60. The van der Waals surface area contributed by atoms with Crippen LogP contribution in [0.1, 0.15) is 17.9 Å². The van der Waals surface area contributed by atoms with Crippen LogP contribution in [0.25, 0.3) is 11.5 Å². The molecule has 1 amide bonds. The normalized spacial score (nSPS) is 13.2. The van der Waals surface area contributed by atoms with Gasteiger partial charge in [-0.15, -0.1) is 10.2 Å². The molecule has 0 radical (unpaired) electrons. The van der Waals surface area contributed by atoms with Crippen molar-refractivity contribution in [1.82, 2.24) is 10.2 Å². The first kappa shape index (κ1) is 14.4. The fourth-order valence-electron chi connectivity index (χ4n) is 2.60. The summed E-state index contributed by atoms with van der Waals surface area (Å²) in [4.78, 5) is 11.4. The molecular formula is C18H15N3O3. The Morgan fingerprint density at radius 3 is 2.83 bits per heavy atom. The zero-order valence-corrected chi connectivity index (χ0v) is 12.9. The van der Waals surface area contributed by atoms with Gasteiger partial charge >= 0.3 is 0 Å². The van der Waals surface area contributed by atoms with E-state index in [1.54, 1.807) is 0 Å². The zero-order chi connectivity index (χ0) is 16.4. The van der Waals surface area contributed by atoms with Gasteiger partial charge in [-0.3, -0.25) is 4.79 Å². The molecule has 0 atom stereocenters. The number of nitrogens with zero attached hydrogens (tertiary/aromatic N) is 2. The van der Waals surface area contributed by atoms with Crippen LogP contribution in [0.2, 0.25) is 0 Å². The summed E-state index contributed by atoms with van der Waals surface area (Å²) in [6, 6.07) is 15.2. The molecule has 0 saturated carbocycles. The molecule has 6 nitrogen and oxygen atoms in total. The maximum Gasteiger partial charge on any atom is 0.254 e. The predicted molar refractivity (Wildman–Crippen MR) is 87.5 cm³/mol. The molecule has 2 aromatic carbocycles. The van der Waals surface area contributed by atoms with Crippen molar-refractivity contribution in [2.75, 3.05) is 5.32 Å². The first-order valence-corrected chi connectivity index (χ1v) is 7.71. The lowest BCUT2D eigenvalue weighted by Crippen LogP contribution is -2.18. The van der Waals surface area contributed by atoms with E-state index in [0.717, 1.165) is 23.2 Å². The third-order valence-electron chi connectivity index (χ3n) is 3.82. The average molecular weight is 321 g/mol. The van der Waals surface area contributed by atoms with Crippen LogP contribution >= 0.6 is 0 Å². The molecule has 0 spiro atoms. The third-order valence-corrected chi connectivity index (χ3v) is 3.82. The molecule has 3 aromatic rings. The van der Waals surface area contributed by atoms with Gasteiger partial charge in [0.1, 0.15) is 5.75 Å². The van der Waals surface area contributed by atoms with E-state index < -0.39 is 0 Å². The number of anilines is 1. The first-order valence-electron chi connectivity index (χ1n) is 7.71. The highest BCUT2D eigenvalue weighted by Gasteiger charge is 2.15. The minimum Gasteiger partial charge on any atom is -0.484 e. The molecule has 2 heterocycles. The standard InChI is InChI=1S/C18H15N3O3/c22-16-9-6-13-10-14(7-8-15(13)19-16)23-11-17-20-21-18(24-17)12-4-2-1-3-5-12/h1-5,7-8,10H,6,9,11H2,(H,19,22). The van der Waals surface area contributed by atoms with Crippen molar-refractivity contribution < 1.29 is 13.9 Å². The number of rotatable bonds is 4. The molecular weight excluding hydrogens is 306 g/mol. The second kappa shape index (κ2) is 6.16. The van der Waals surface area contributed by atoms with Crippen LogP contribution in [0.3, 0.4) is 0 Å². The monoisotopic (exact) mass is 321 g/mol. The highest BCUT2D eigenvalue weighted by atomic mass is 16.5. The maximum absolute atomic E-state index is 11.4. The molecule has 0 fully saturated rings. The number of benzene rings is 2. The summed E-state index contributed by atoms with van der Waals surface area (Å²) >= 11 is 0. The summed E-state index contributed by atoms with van der Waals surface area (Å²) in [5, 5.41) is 10.9. The number of amides is 1. The van der Waals surface area contributed by atoms with Gasteiger partial charge in [-0.05, 0) is 42.3 Å². The predicted octanol–water partition coefficient (Wildman–Crippen LogP) is 3.20. The van der Waals surface area contributed by atoms with Gasteiger partial charge in [0, 0.05) is 17.7 Å². The third kappa shape index (κ3) is 2.99. The van der Waals surface area contributed by atoms with E-state index in [4.69, 9.17) is 9.15 Å². The van der Waals surface area contributed by atoms with Crippen LogP contribution < -0.4 is 10.1 Å². The molecule has 0 saturated heterocycles. The quantitative estimate of drug-likeness (QED) is 0.798. The number of aryl methyl sites for hydroxylation is 1. The molecule has 24 heavy (non-hydrogen) atoms. The van der Waals surface area contributed by atoms with Gasteiger partial charge in [0.15, 0.2) is 6.61 Å². The summed E-state index contributed by atoms with van der Waals surface area (Å²) in [6.45, 7) is 0.199. The Hall–Kier alpha value is -3.15. The SMILES string of the molecule is O=C1CCc2cc(OCc3nnc(-c4ccccc4)o3)ccc2N1. The van der Waals surface area contributed by atoms with Gasteiger partial charge < -0.3 is 14.5 Å². The molecule has 1 aliphatic rings. The van der Waals surface area contributed by atoms with Gasteiger partial charge in [-0.1, -0.05) is 18.2 Å². The maximum atomic E-state index is 11.4. The lowest BCUT2D eigenvalue weighted by atomic mass is 10.0. The summed E-state index contributed by atoms with van der Waals surface area (Å²) in [5.74, 6) is 1.65. The number of fused-ring (bicyclic) bond motifs is 1. The average Bonchev–Trinajstić information content (AvgIpc) is 3.10. The Balaban J connectivity index is 1.44. The van der Waals surface area contributed by atoms with E-state index in [-0.39, 0.29) is 12.5 Å². The summed E-state index contributed by atoms with van der Waals surface area (Å²) in [7, 11) is 0. The molecule has 120 valence electrons. The van der Waals surface area contributed by atoms with E-state index in [1.165, 1.54) is 0 Å². The van der Waals surface area contributed by atoms with Crippen molar-refractivity contribution in [2.45, 2.75) is 19.4 Å². The molecule has 1 aromatic heterocycles. The minimum atomic E-state index is 0.0514. The molecule has 4 rings (SSSR count). The van der Waals surface area contributed by atoms with Crippen LogP contribution in [0, 0.1) is 0 Å². The molecule has 1 N–H and O–H groups in total. The van der Waals surface area contributed by atoms with Crippen LogP contribution in [0.15, 0.2) is 52.9 Å². The number of ether oxygens (including phenoxy) is 1. The van der Waals surface area contributed by atoms with Gasteiger partial charge in [0.2, 0.25) is 11.8 Å². The number of hydrogen-bond acceptors (Lipinski definition) is 5. The van der Waals surface area contributed by atoms with Gasteiger partial charge in [-0.2, -0.15) is 0 Å². The minimum absolute atomic E-state index is 0.0514. The van der Waals surface area contributed by atoms with E-state index >= 15 is 0 Å². The van der Waals surface area contributed by atoms with Crippen molar-refractivity contribution in [1.29, 1.82) is 0 Å². The zero-order valence-electron chi connectivity index (χ0n) is 12.9. The van der Waals surface area contributed by atoms with Crippen molar-refractivity contribution >= 4 is 11.6 Å². The Morgan fingerprint density at radius 1 is 1.08 bits per heavy atom. The lowest BCUT2D eigenvalue weighted by molar-refractivity contribution is -0.116. The van der Waals surface area contributed by atoms with Crippen LogP contribution in [0.4, 0.5) is 5.69 Å². The van der Waals surface area contributed by atoms with E-state index in [2.05, 4.69) is 15.5 Å². The van der Waals surface area contributed by atoms with Crippen molar-refractivity contribution in [3.63, 3.8) is 0 Å². The Kier molecular flexibility index (Phi) is 3.70. The smallest absolute Gasteiger partial charge is 0.254 e. The van der Waals surface area contributed by atoms with Crippen molar-refractivity contribution in [3.05, 3.63) is 60.0 Å². The largest absolute Gasteiger partial charge is 0.484 e. The molecule has 0 unspecified atom stereocenters. The van der Waals surface area contributed by atoms with Crippen molar-refractivity contribution in [2.24, 2.45) is 0 Å². The second-order valence-corrected chi connectivity index (χ2v) is 5.52. The number of nitrogens with one attached hydrogen (secondary N) is 1. The number of carbonyl (C=O) groups is 1. The van der Waals surface area contributed by atoms with Crippen LogP contribution in [-0.2, 0) is 17.8 Å². The highest BCUT2D eigenvalue weighted by Crippen LogP contribution is 2.27. The Bertz CT molecular complexity index is 874. The number of hydrogen-bond donors (Lipinski definition) is 1. The Labute approximate surface area is 138 Å². The number of carbonyl (C=O) groups excluding carboxylic acids is 1. The van der Waals surface area contributed by atoms with E-state index in [1.807, 2.05) is 48.5 Å². The van der Waals surface area contributed by atoms with Crippen LogP contribution in [0.5, 0.6) is 5.75 Å². The molecule has 6 heteroatoms. The second-order valence-electron chi connectivity index (χ2n) is 5.52.